The summed E-state index contributed by atoms with van der Waals surface area (Å²) in [5.41, 5.74) is 2.06. The highest BCUT2D eigenvalue weighted by atomic mass is 16.1. The number of benzene rings is 1. The summed E-state index contributed by atoms with van der Waals surface area (Å²) in [5, 5.41) is 6.44. The fourth-order valence-corrected chi connectivity index (χ4v) is 2.46. The lowest BCUT2D eigenvalue weighted by Crippen LogP contribution is -2.31. The van der Waals surface area contributed by atoms with E-state index in [1.165, 1.54) is 31.7 Å². The molecule has 0 bridgehead atoms. The van der Waals surface area contributed by atoms with E-state index < -0.39 is 0 Å². The number of nitrogens with one attached hydrogen (secondary N) is 2. The maximum atomic E-state index is 11.1. The van der Waals surface area contributed by atoms with Crippen LogP contribution in [0.4, 0.5) is 5.69 Å². The van der Waals surface area contributed by atoms with Crippen LogP contribution in [0.15, 0.2) is 36.4 Å². The van der Waals surface area contributed by atoms with Gasteiger partial charge in [-0.1, -0.05) is 24.3 Å². The van der Waals surface area contributed by atoms with Crippen LogP contribution >= 0.6 is 0 Å². The third kappa shape index (κ3) is 4.21. The Morgan fingerprint density at radius 3 is 2.95 bits per heavy atom. The van der Waals surface area contributed by atoms with Crippen molar-refractivity contribution in [3.05, 3.63) is 42.0 Å². The summed E-state index contributed by atoms with van der Waals surface area (Å²) in [7, 11) is 0. The summed E-state index contributed by atoms with van der Waals surface area (Å²) in [6, 6.07) is 8.77. The Bertz CT molecular complexity index is 468. The van der Waals surface area contributed by atoms with Crippen molar-refractivity contribution >= 4 is 11.6 Å². The van der Waals surface area contributed by atoms with E-state index in [2.05, 4.69) is 35.8 Å². The predicted molar refractivity (Wildman–Crippen MR) is 79.1 cm³/mol. The third-order valence-corrected chi connectivity index (χ3v) is 3.43. The number of allylic oxidation sites excluding steroid dienone is 1. The minimum absolute atomic E-state index is 0.0343. The van der Waals surface area contributed by atoms with Gasteiger partial charge in [0.15, 0.2) is 0 Å². The Kier molecular flexibility index (Phi) is 4.74. The first-order valence-electron chi connectivity index (χ1n) is 6.95. The fourth-order valence-electron chi connectivity index (χ4n) is 2.46. The van der Waals surface area contributed by atoms with Crippen molar-refractivity contribution < 1.29 is 4.79 Å². The minimum atomic E-state index is -0.0343. The standard InChI is InChI=1S/C16H22N2O/c1-12(17-15-8-4-3-5-9-15)14-7-6-10-16(11-14)18-13(2)19/h4,6-8,10-12,15,17H,3,5,9H2,1-2H3,(H,18,19)/t12-,15+/m0/s1. The molecule has 0 radical (unpaired) electrons. The number of amides is 1. The normalized spacial score (nSPS) is 20.0. The van der Waals surface area contributed by atoms with Crippen LogP contribution in [-0.4, -0.2) is 11.9 Å². The second-order valence-corrected chi connectivity index (χ2v) is 5.16. The third-order valence-electron chi connectivity index (χ3n) is 3.43. The van der Waals surface area contributed by atoms with Gasteiger partial charge in [-0.15, -0.1) is 0 Å². The molecule has 0 unspecified atom stereocenters. The van der Waals surface area contributed by atoms with E-state index in [0.29, 0.717) is 6.04 Å². The zero-order valence-electron chi connectivity index (χ0n) is 11.6. The topological polar surface area (TPSA) is 41.1 Å². The van der Waals surface area contributed by atoms with Gasteiger partial charge in [0.25, 0.3) is 0 Å². The lowest BCUT2D eigenvalue weighted by Gasteiger charge is -2.23. The van der Waals surface area contributed by atoms with Gasteiger partial charge >= 0.3 is 0 Å². The zero-order chi connectivity index (χ0) is 13.7. The summed E-state index contributed by atoms with van der Waals surface area (Å²) in [5.74, 6) is -0.0343. The number of carbonyl (C=O) groups is 1. The van der Waals surface area contributed by atoms with E-state index in [9.17, 15) is 4.79 Å². The molecule has 102 valence electrons. The molecule has 0 heterocycles. The number of carbonyl (C=O) groups excluding carboxylic acids is 1. The van der Waals surface area contributed by atoms with Crippen molar-refractivity contribution in [2.75, 3.05) is 5.32 Å². The molecule has 1 aliphatic carbocycles. The van der Waals surface area contributed by atoms with Gasteiger partial charge in [-0.05, 0) is 43.9 Å². The van der Waals surface area contributed by atoms with Crippen LogP contribution < -0.4 is 10.6 Å². The lowest BCUT2D eigenvalue weighted by atomic mass is 10.0. The molecular weight excluding hydrogens is 236 g/mol. The quantitative estimate of drug-likeness (QED) is 0.813. The molecule has 1 amide bonds. The SMILES string of the molecule is CC(=O)Nc1cccc([C@H](C)N[C@@H]2C=CCCC2)c1. The first-order valence-corrected chi connectivity index (χ1v) is 6.95. The van der Waals surface area contributed by atoms with Crippen LogP contribution in [0.5, 0.6) is 0 Å². The van der Waals surface area contributed by atoms with Gasteiger partial charge in [-0.2, -0.15) is 0 Å². The van der Waals surface area contributed by atoms with Gasteiger partial charge in [0.1, 0.15) is 0 Å². The summed E-state index contributed by atoms with van der Waals surface area (Å²) >= 11 is 0. The average Bonchev–Trinajstić information content (AvgIpc) is 2.39. The molecule has 2 atom stereocenters. The van der Waals surface area contributed by atoms with Gasteiger partial charge in [-0.25, -0.2) is 0 Å². The fraction of sp³-hybridized carbons (Fsp3) is 0.438. The second kappa shape index (κ2) is 6.53. The Balaban J connectivity index is 2.01. The highest BCUT2D eigenvalue weighted by molar-refractivity contribution is 5.88. The van der Waals surface area contributed by atoms with Gasteiger partial charge < -0.3 is 10.6 Å². The number of anilines is 1. The highest BCUT2D eigenvalue weighted by Gasteiger charge is 2.13. The zero-order valence-corrected chi connectivity index (χ0v) is 11.6. The van der Waals surface area contributed by atoms with Crippen molar-refractivity contribution in [2.45, 2.75) is 45.2 Å². The first kappa shape index (κ1) is 13.8. The van der Waals surface area contributed by atoms with E-state index >= 15 is 0 Å². The van der Waals surface area contributed by atoms with Crippen LogP contribution in [0.3, 0.4) is 0 Å². The summed E-state index contributed by atoms with van der Waals surface area (Å²) in [4.78, 5) is 11.1. The maximum absolute atomic E-state index is 11.1. The molecule has 0 saturated carbocycles. The van der Waals surface area contributed by atoms with Gasteiger partial charge in [0.05, 0.1) is 0 Å². The van der Waals surface area contributed by atoms with Crippen molar-refractivity contribution in [1.29, 1.82) is 0 Å². The van der Waals surface area contributed by atoms with Crippen molar-refractivity contribution in [2.24, 2.45) is 0 Å². The molecule has 0 saturated heterocycles. The van der Waals surface area contributed by atoms with Crippen molar-refractivity contribution in [1.82, 2.24) is 5.32 Å². The van der Waals surface area contributed by atoms with Crippen LogP contribution in [-0.2, 0) is 4.79 Å². The molecule has 0 fully saturated rings. The molecule has 1 aromatic carbocycles. The number of hydrogen-bond donors (Lipinski definition) is 2. The molecule has 0 spiro atoms. The molecule has 3 heteroatoms. The van der Waals surface area contributed by atoms with Crippen LogP contribution in [0.1, 0.15) is 44.7 Å². The van der Waals surface area contributed by atoms with Crippen LogP contribution in [0.25, 0.3) is 0 Å². The Labute approximate surface area is 115 Å². The molecule has 0 aromatic heterocycles. The summed E-state index contributed by atoms with van der Waals surface area (Å²) < 4.78 is 0. The maximum Gasteiger partial charge on any atom is 0.221 e. The van der Waals surface area contributed by atoms with E-state index in [1.54, 1.807) is 0 Å². The van der Waals surface area contributed by atoms with E-state index in [-0.39, 0.29) is 11.9 Å². The second-order valence-electron chi connectivity index (χ2n) is 5.16. The Morgan fingerprint density at radius 1 is 1.42 bits per heavy atom. The molecular formula is C16H22N2O. The highest BCUT2D eigenvalue weighted by Crippen LogP contribution is 2.20. The van der Waals surface area contributed by atoms with E-state index in [4.69, 9.17) is 0 Å². The van der Waals surface area contributed by atoms with E-state index in [1.807, 2.05) is 18.2 Å². The van der Waals surface area contributed by atoms with Gasteiger partial charge in [0, 0.05) is 24.7 Å². The predicted octanol–water partition coefficient (Wildman–Crippen LogP) is 3.40. The number of hydrogen-bond acceptors (Lipinski definition) is 2. The Hall–Kier alpha value is -1.61. The largest absolute Gasteiger partial charge is 0.326 e. The van der Waals surface area contributed by atoms with E-state index in [0.717, 1.165) is 5.69 Å². The number of rotatable bonds is 4. The molecule has 19 heavy (non-hydrogen) atoms. The first-order chi connectivity index (χ1) is 9.15. The monoisotopic (exact) mass is 258 g/mol. The lowest BCUT2D eigenvalue weighted by molar-refractivity contribution is -0.114. The molecule has 1 aliphatic rings. The summed E-state index contributed by atoms with van der Waals surface area (Å²) in [6.07, 6.45) is 8.17. The average molecular weight is 258 g/mol. The Morgan fingerprint density at radius 2 is 2.26 bits per heavy atom. The molecule has 0 aliphatic heterocycles. The van der Waals surface area contributed by atoms with Crippen molar-refractivity contribution in [3.63, 3.8) is 0 Å². The van der Waals surface area contributed by atoms with Gasteiger partial charge in [0.2, 0.25) is 5.91 Å². The molecule has 2 N–H and O–H groups in total. The molecule has 2 rings (SSSR count). The molecule has 1 aromatic rings. The van der Waals surface area contributed by atoms with Crippen LogP contribution in [0, 0.1) is 0 Å². The molecule has 3 nitrogen and oxygen atoms in total. The van der Waals surface area contributed by atoms with Crippen molar-refractivity contribution in [3.8, 4) is 0 Å². The van der Waals surface area contributed by atoms with Gasteiger partial charge in [-0.3, -0.25) is 4.79 Å². The smallest absolute Gasteiger partial charge is 0.221 e. The minimum Gasteiger partial charge on any atom is -0.326 e. The van der Waals surface area contributed by atoms with Crippen LogP contribution in [0.2, 0.25) is 0 Å². The summed E-state index contributed by atoms with van der Waals surface area (Å²) in [6.45, 7) is 3.69.